The molecule has 1 N–H and O–H groups in total. The Balaban J connectivity index is 1.81. The second-order valence-electron chi connectivity index (χ2n) is 6.47. The summed E-state index contributed by atoms with van der Waals surface area (Å²) in [6.07, 6.45) is 1.92. The zero-order valence-electron chi connectivity index (χ0n) is 16.8. The summed E-state index contributed by atoms with van der Waals surface area (Å²) < 4.78 is 42.0. The van der Waals surface area contributed by atoms with E-state index >= 15 is 0 Å². The Morgan fingerprint density at radius 1 is 1.06 bits per heavy atom. The molecule has 0 atom stereocenters. The molecule has 0 fully saturated rings. The minimum atomic E-state index is -3.75. The molecular weight excluding hydrogens is 503 g/mol. The molecule has 31 heavy (non-hydrogen) atoms. The van der Waals surface area contributed by atoms with Crippen molar-refractivity contribution in [3.63, 3.8) is 0 Å². The molecule has 0 aliphatic carbocycles. The molecule has 0 aliphatic rings. The van der Waals surface area contributed by atoms with Crippen LogP contribution in [0, 0.1) is 5.82 Å². The first-order valence-corrected chi connectivity index (χ1v) is 12.8. The number of carbonyl (C=O) groups excluding carboxylic acids is 1. The number of rotatable bonds is 7. The Hall–Kier alpha value is -2.36. The van der Waals surface area contributed by atoms with Crippen LogP contribution < -0.4 is 9.62 Å². The van der Waals surface area contributed by atoms with E-state index in [9.17, 15) is 17.6 Å². The minimum Gasteiger partial charge on any atom is -0.319 e. The van der Waals surface area contributed by atoms with Crippen LogP contribution in [0.15, 0.2) is 81.0 Å². The summed E-state index contributed by atoms with van der Waals surface area (Å²) in [5.41, 5.74) is 0.774. The van der Waals surface area contributed by atoms with Gasteiger partial charge in [0.15, 0.2) is 0 Å². The van der Waals surface area contributed by atoms with Crippen LogP contribution in [-0.4, -0.2) is 27.1 Å². The van der Waals surface area contributed by atoms with Crippen molar-refractivity contribution in [1.82, 2.24) is 0 Å². The lowest BCUT2D eigenvalue weighted by Gasteiger charge is -2.23. The van der Waals surface area contributed by atoms with E-state index in [4.69, 9.17) is 0 Å². The molecule has 0 spiro atoms. The van der Waals surface area contributed by atoms with E-state index in [1.54, 1.807) is 49.4 Å². The number of benzene rings is 3. The van der Waals surface area contributed by atoms with Gasteiger partial charge >= 0.3 is 0 Å². The van der Waals surface area contributed by atoms with E-state index in [2.05, 4.69) is 21.2 Å². The normalized spacial score (nSPS) is 11.2. The Labute approximate surface area is 193 Å². The highest BCUT2D eigenvalue weighted by molar-refractivity contribution is 9.10. The van der Waals surface area contributed by atoms with Gasteiger partial charge in [-0.25, -0.2) is 12.8 Å². The molecule has 3 aromatic rings. The van der Waals surface area contributed by atoms with Crippen molar-refractivity contribution in [3.05, 3.63) is 82.6 Å². The fourth-order valence-electron chi connectivity index (χ4n) is 2.93. The molecule has 5 nitrogen and oxygen atoms in total. The van der Waals surface area contributed by atoms with Crippen LogP contribution in [0.5, 0.6) is 0 Å². The number of anilines is 2. The van der Waals surface area contributed by atoms with Gasteiger partial charge in [0.1, 0.15) is 5.82 Å². The first kappa shape index (κ1) is 23.3. The third-order valence-electron chi connectivity index (χ3n) is 4.53. The molecule has 9 heteroatoms. The lowest BCUT2D eigenvalue weighted by molar-refractivity contribution is 0.102. The first-order valence-electron chi connectivity index (χ1n) is 9.29. The van der Waals surface area contributed by atoms with E-state index in [0.29, 0.717) is 10.2 Å². The monoisotopic (exact) mass is 522 g/mol. The van der Waals surface area contributed by atoms with Crippen LogP contribution in [0.25, 0.3) is 0 Å². The van der Waals surface area contributed by atoms with Crippen molar-refractivity contribution in [1.29, 1.82) is 0 Å². The van der Waals surface area contributed by atoms with Crippen molar-refractivity contribution >= 4 is 55.0 Å². The Bertz CT molecular complexity index is 1180. The van der Waals surface area contributed by atoms with Gasteiger partial charge in [0.05, 0.1) is 16.3 Å². The highest BCUT2D eigenvalue weighted by Gasteiger charge is 2.23. The number of nitrogens with zero attached hydrogens (tertiary/aromatic N) is 1. The largest absolute Gasteiger partial charge is 0.319 e. The van der Waals surface area contributed by atoms with Crippen molar-refractivity contribution < 1.29 is 17.6 Å². The van der Waals surface area contributed by atoms with Gasteiger partial charge in [-0.2, -0.15) is 0 Å². The predicted molar refractivity (Wildman–Crippen MR) is 127 cm³/mol. The van der Waals surface area contributed by atoms with Crippen LogP contribution in [0.4, 0.5) is 15.8 Å². The predicted octanol–water partition coefficient (Wildman–Crippen LogP) is 5.78. The maximum absolute atomic E-state index is 14.0. The summed E-state index contributed by atoms with van der Waals surface area (Å²) in [6, 6.07) is 17.2. The fraction of sp³-hybridized carbons (Fsp3) is 0.136. The van der Waals surface area contributed by atoms with Crippen molar-refractivity contribution in [2.45, 2.75) is 16.7 Å². The topological polar surface area (TPSA) is 66.5 Å². The van der Waals surface area contributed by atoms with Crippen LogP contribution in [0.2, 0.25) is 0 Å². The molecule has 0 unspecified atom stereocenters. The second kappa shape index (κ2) is 9.84. The van der Waals surface area contributed by atoms with Crippen LogP contribution >= 0.6 is 27.7 Å². The lowest BCUT2D eigenvalue weighted by atomic mass is 10.2. The first-order chi connectivity index (χ1) is 14.8. The van der Waals surface area contributed by atoms with Crippen LogP contribution in [0.3, 0.4) is 0 Å². The number of amides is 1. The van der Waals surface area contributed by atoms with Crippen molar-refractivity contribution in [3.8, 4) is 0 Å². The maximum Gasteiger partial charge on any atom is 0.264 e. The van der Waals surface area contributed by atoms with E-state index in [-0.39, 0.29) is 22.7 Å². The summed E-state index contributed by atoms with van der Waals surface area (Å²) in [5, 5.41) is 2.51. The maximum atomic E-state index is 14.0. The SMILES string of the molecule is CCN(c1ccc(C(=O)Nc2ccc(Br)cc2F)cc1)S(=O)(=O)c1ccc(SC)cc1. The van der Waals surface area contributed by atoms with Gasteiger partial charge in [0.25, 0.3) is 15.9 Å². The number of hydrogen-bond acceptors (Lipinski definition) is 4. The molecule has 0 aromatic heterocycles. The lowest BCUT2D eigenvalue weighted by Crippen LogP contribution is -2.30. The van der Waals surface area contributed by atoms with E-state index in [1.165, 1.54) is 40.3 Å². The molecule has 0 bridgehead atoms. The number of thioether (sulfide) groups is 1. The smallest absolute Gasteiger partial charge is 0.264 e. The average Bonchev–Trinajstić information content (AvgIpc) is 2.76. The molecule has 1 amide bonds. The highest BCUT2D eigenvalue weighted by atomic mass is 79.9. The van der Waals surface area contributed by atoms with E-state index in [0.717, 1.165) is 4.90 Å². The fourth-order valence-corrected chi connectivity index (χ4v) is 5.15. The molecule has 0 saturated heterocycles. The van der Waals surface area contributed by atoms with Crippen LogP contribution in [-0.2, 0) is 10.0 Å². The zero-order valence-corrected chi connectivity index (χ0v) is 20.0. The van der Waals surface area contributed by atoms with Gasteiger partial charge in [0, 0.05) is 21.5 Å². The Morgan fingerprint density at radius 2 is 1.71 bits per heavy atom. The molecule has 0 aliphatic heterocycles. The highest BCUT2D eigenvalue weighted by Crippen LogP contribution is 2.26. The molecule has 162 valence electrons. The summed E-state index contributed by atoms with van der Waals surface area (Å²) >= 11 is 4.70. The standard InChI is InChI=1S/C22H20BrFN2O3S2/c1-3-26(31(28,29)19-11-9-18(30-2)10-12-19)17-7-4-15(5-8-17)22(27)25-21-13-6-16(23)14-20(21)24/h4-14H,3H2,1-2H3,(H,25,27). The molecule has 0 heterocycles. The van der Waals surface area contributed by atoms with Gasteiger partial charge in [0.2, 0.25) is 0 Å². The van der Waals surface area contributed by atoms with E-state index in [1.807, 2.05) is 6.26 Å². The van der Waals surface area contributed by atoms with Gasteiger partial charge in [-0.05, 0) is 79.9 Å². The third-order valence-corrected chi connectivity index (χ3v) is 7.69. The van der Waals surface area contributed by atoms with E-state index < -0.39 is 21.7 Å². The number of hydrogen-bond donors (Lipinski definition) is 1. The van der Waals surface area contributed by atoms with Crippen molar-refractivity contribution in [2.24, 2.45) is 0 Å². The van der Waals surface area contributed by atoms with Gasteiger partial charge < -0.3 is 5.32 Å². The average molecular weight is 523 g/mol. The zero-order chi connectivity index (χ0) is 22.6. The van der Waals surface area contributed by atoms with Gasteiger partial charge in [-0.15, -0.1) is 11.8 Å². The molecule has 3 rings (SSSR count). The van der Waals surface area contributed by atoms with Gasteiger partial charge in [-0.3, -0.25) is 9.10 Å². The summed E-state index contributed by atoms with van der Waals surface area (Å²) in [4.78, 5) is 13.6. The number of sulfonamides is 1. The molecule has 3 aromatic carbocycles. The summed E-state index contributed by atoms with van der Waals surface area (Å²) in [7, 11) is -3.75. The molecule has 0 radical (unpaired) electrons. The summed E-state index contributed by atoms with van der Waals surface area (Å²) in [6.45, 7) is 1.97. The number of carbonyl (C=O) groups is 1. The minimum absolute atomic E-state index is 0.0590. The second-order valence-corrected chi connectivity index (χ2v) is 10.1. The molecule has 0 saturated carbocycles. The Kier molecular flexibility index (Phi) is 7.40. The third kappa shape index (κ3) is 5.28. The number of nitrogens with one attached hydrogen (secondary N) is 1. The molecular formula is C22H20BrFN2O3S2. The van der Waals surface area contributed by atoms with Crippen molar-refractivity contribution in [2.75, 3.05) is 22.4 Å². The number of halogens is 2. The quantitative estimate of drug-likeness (QED) is 0.399. The van der Waals surface area contributed by atoms with Gasteiger partial charge in [-0.1, -0.05) is 15.9 Å². The Morgan fingerprint density at radius 3 is 2.26 bits per heavy atom. The summed E-state index contributed by atoms with van der Waals surface area (Å²) in [5.74, 6) is -1.05. The van der Waals surface area contributed by atoms with Crippen LogP contribution in [0.1, 0.15) is 17.3 Å².